The van der Waals surface area contributed by atoms with Gasteiger partial charge in [-0.1, -0.05) is 39.8 Å². The van der Waals surface area contributed by atoms with Crippen molar-refractivity contribution in [2.75, 3.05) is 0 Å². The van der Waals surface area contributed by atoms with Crippen LogP contribution in [0.4, 0.5) is 22.0 Å². The lowest BCUT2D eigenvalue weighted by Crippen LogP contribution is -2.52. The number of aromatic nitrogens is 1. The molecule has 3 nitrogen and oxygen atoms in total. The molecule has 0 spiro atoms. The maximum Gasteiger partial charge on any atom is 0.418 e. The Morgan fingerprint density at radius 2 is 1.50 bits per heavy atom. The Labute approximate surface area is 183 Å². The quantitative estimate of drug-likeness (QED) is 0.482. The summed E-state index contributed by atoms with van der Waals surface area (Å²) in [6, 6.07) is 9.80. The molecule has 1 aromatic heterocycles. The van der Waals surface area contributed by atoms with E-state index in [1.54, 1.807) is 12.1 Å². The third-order valence-electron chi connectivity index (χ3n) is 5.22. The van der Waals surface area contributed by atoms with E-state index in [9.17, 15) is 31.9 Å². The molecule has 3 rings (SSSR count). The highest BCUT2D eigenvalue weighted by Gasteiger charge is 2.56. The van der Waals surface area contributed by atoms with Crippen LogP contribution >= 0.6 is 0 Å². The second-order valence-electron chi connectivity index (χ2n) is 8.07. The molecule has 2 aromatic carbocycles. The van der Waals surface area contributed by atoms with Gasteiger partial charge in [-0.3, -0.25) is 4.79 Å². The van der Waals surface area contributed by atoms with Crippen molar-refractivity contribution in [3.05, 3.63) is 82.1 Å². The normalized spacial score (nSPS) is 13.9. The largest absolute Gasteiger partial charge is 0.418 e. The number of benzene rings is 2. The van der Waals surface area contributed by atoms with Crippen molar-refractivity contribution in [3.8, 4) is 0 Å². The highest BCUT2D eigenvalue weighted by molar-refractivity contribution is 5.78. The Balaban J connectivity index is 0.00000176. The molecule has 0 saturated carbocycles. The zero-order chi connectivity index (χ0) is 24.3. The molecule has 0 fully saturated rings. The van der Waals surface area contributed by atoms with E-state index in [-0.39, 0.29) is 21.9 Å². The van der Waals surface area contributed by atoms with E-state index < -0.39 is 41.8 Å². The Morgan fingerprint density at radius 1 is 0.938 bits per heavy atom. The van der Waals surface area contributed by atoms with Gasteiger partial charge in [-0.2, -0.15) is 13.2 Å². The first-order valence-corrected chi connectivity index (χ1v) is 10.2. The number of pyridine rings is 1. The van der Waals surface area contributed by atoms with Crippen LogP contribution < -0.4 is 5.43 Å². The summed E-state index contributed by atoms with van der Waals surface area (Å²) in [6.07, 6.45) is -4.70. The van der Waals surface area contributed by atoms with Gasteiger partial charge in [0.25, 0.3) is 0 Å². The van der Waals surface area contributed by atoms with Gasteiger partial charge in [0.15, 0.2) is 11.0 Å². The number of hydrogen-bond donors (Lipinski definition) is 1. The molecule has 0 amide bonds. The molecule has 0 aliphatic heterocycles. The second-order valence-corrected chi connectivity index (χ2v) is 8.07. The Bertz CT molecular complexity index is 1120. The Hall–Kier alpha value is -2.74. The minimum absolute atomic E-state index is 0.00700. The SMILES string of the molecule is CC.CC(C)(CC(O)(Cn1ccc(=O)c2ccccc21)C(F)(F)F)c1cc(F)cc(F)c1. The van der Waals surface area contributed by atoms with Crippen LogP contribution in [0.5, 0.6) is 0 Å². The summed E-state index contributed by atoms with van der Waals surface area (Å²) in [7, 11) is 0. The fourth-order valence-corrected chi connectivity index (χ4v) is 3.70. The van der Waals surface area contributed by atoms with Gasteiger partial charge in [-0.05, 0) is 41.7 Å². The monoisotopic (exact) mass is 455 g/mol. The average Bonchev–Trinajstić information content (AvgIpc) is 2.70. The summed E-state index contributed by atoms with van der Waals surface area (Å²) < 4.78 is 70.4. The molecule has 174 valence electrons. The van der Waals surface area contributed by atoms with Crippen LogP contribution in [-0.4, -0.2) is 21.5 Å². The molecule has 8 heteroatoms. The lowest BCUT2D eigenvalue weighted by molar-refractivity contribution is -0.271. The maximum absolute atomic E-state index is 14.0. The van der Waals surface area contributed by atoms with Crippen LogP contribution in [0, 0.1) is 11.6 Å². The number of alkyl halides is 3. The number of rotatable bonds is 5. The van der Waals surface area contributed by atoms with E-state index >= 15 is 0 Å². The molecular weight excluding hydrogens is 429 g/mol. The molecular formula is C24H26F5NO2. The minimum atomic E-state index is -5.04. The van der Waals surface area contributed by atoms with Crippen molar-refractivity contribution < 1.29 is 27.1 Å². The predicted octanol–water partition coefficient (Wildman–Crippen LogP) is 5.97. The molecule has 0 saturated heterocycles. The van der Waals surface area contributed by atoms with Crippen LogP contribution in [0.25, 0.3) is 10.9 Å². The molecule has 0 aliphatic rings. The number of nitrogens with zero attached hydrogens (tertiary/aromatic N) is 1. The lowest BCUT2D eigenvalue weighted by Gasteiger charge is -2.38. The van der Waals surface area contributed by atoms with Crippen LogP contribution in [0.3, 0.4) is 0 Å². The molecule has 1 heterocycles. The van der Waals surface area contributed by atoms with Gasteiger partial charge in [-0.25, -0.2) is 8.78 Å². The van der Waals surface area contributed by atoms with Crippen LogP contribution in [-0.2, 0) is 12.0 Å². The zero-order valence-electron chi connectivity index (χ0n) is 18.3. The van der Waals surface area contributed by atoms with Crippen molar-refractivity contribution >= 4 is 10.9 Å². The van der Waals surface area contributed by atoms with E-state index in [1.807, 2.05) is 13.8 Å². The third kappa shape index (κ3) is 5.35. The van der Waals surface area contributed by atoms with Gasteiger partial charge in [0, 0.05) is 23.7 Å². The van der Waals surface area contributed by atoms with E-state index in [2.05, 4.69) is 0 Å². The standard InChI is InChI=1S/C22H20F5NO2.C2H6/c1-20(2,14-9-15(23)11-16(24)10-14)12-21(30,22(25,26)27)13-28-8-7-19(29)17-5-3-4-6-18(17)28;1-2/h3-11,30H,12-13H2,1-2H3;1-2H3. The zero-order valence-corrected chi connectivity index (χ0v) is 18.3. The van der Waals surface area contributed by atoms with Gasteiger partial charge in [0.2, 0.25) is 0 Å². The molecule has 3 aromatic rings. The number of halogens is 5. The summed E-state index contributed by atoms with van der Waals surface area (Å²) in [6.45, 7) is 5.86. The number of aliphatic hydroxyl groups is 1. The molecule has 1 N–H and O–H groups in total. The first-order chi connectivity index (χ1) is 14.8. The highest BCUT2D eigenvalue weighted by Crippen LogP contribution is 2.42. The van der Waals surface area contributed by atoms with E-state index in [0.717, 1.165) is 22.8 Å². The number of fused-ring (bicyclic) bond motifs is 1. The van der Waals surface area contributed by atoms with Gasteiger partial charge in [0.05, 0.1) is 12.1 Å². The summed E-state index contributed by atoms with van der Waals surface area (Å²) in [5.74, 6) is -1.83. The minimum Gasteiger partial charge on any atom is -0.379 e. The third-order valence-corrected chi connectivity index (χ3v) is 5.22. The predicted molar refractivity (Wildman–Crippen MR) is 115 cm³/mol. The van der Waals surface area contributed by atoms with Crippen molar-refractivity contribution in [2.24, 2.45) is 0 Å². The molecule has 0 radical (unpaired) electrons. The van der Waals surface area contributed by atoms with E-state index in [1.165, 1.54) is 32.2 Å². The summed E-state index contributed by atoms with van der Waals surface area (Å²) in [5, 5.41) is 11.0. The molecule has 0 aliphatic carbocycles. The van der Waals surface area contributed by atoms with Crippen molar-refractivity contribution in [1.82, 2.24) is 4.57 Å². The first-order valence-electron chi connectivity index (χ1n) is 10.2. The highest BCUT2D eigenvalue weighted by atomic mass is 19.4. The lowest BCUT2D eigenvalue weighted by atomic mass is 9.74. The van der Waals surface area contributed by atoms with E-state index in [4.69, 9.17) is 0 Å². The first kappa shape index (κ1) is 25.5. The fourth-order valence-electron chi connectivity index (χ4n) is 3.70. The molecule has 32 heavy (non-hydrogen) atoms. The number of hydrogen-bond acceptors (Lipinski definition) is 2. The van der Waals surface area contributed by atoms with Gasteiger partial charge < -0.3 is 9.67 Å². The van der Waals surface area contributed by atoms with Crippen molar-refractivity contribution in [3.63, 3.8) is 0 Å². The molecule has 1 atom stereocenters. The summed E-state index contributed by atoms with van der Waals surface area (Å²) >= 11 is 0. The van der Waals surface area contributed by atoms with Gasteiger partial charge in [-0.15, -0.1) is 0 Å². The van der Waals surface area contributed by atoms with Gasteiger partial charge >= 0.3 is 6.18 Å². The van der Waals surface area contributed by atoms with E-state index in [0.29, 0.717) is 6.07 Å². The van der Waals surface area contributed by atoms with Crippen LogP contribution in [0.15, 0.2) is 59.5 Å². The van der Waals surface area contributed by atoms with Crippen molar-refractivity contribution in [2.45, 2.75) is 57.9 Å². The second kappa shape index (κ2) is 9.40. The topological polar surface area (TPSA) is 42.2 Å². The maximum atomic E-state index is 14.0. The average molecular weight is 455 g/mol. The van der Waals surface area contributed by atoms with Crippen LogP contribution in [0.2, 0.25) is 0 Å². The van der Waals surface area contributed by atoms with Crippen LogP contribution in [0.1, 0.15) is 39.7 Å². The van der Waals surface area contributed by atoms with Crippen molar-refractivity contribution in [1.29, 1.82) is 0 Å². The fraction of sp³-hybridized carbons (Fsp3) is 0.375. The number of para-hydroxylation sites is 1. The summed E-state index contributed by atoms with van der Waals surface area (Å²) in [4.78, 5) is 12.0. The molecule has 0 bridgehead atoms. The summed E-state index contributed by atoms with van der Waals surface area (Å²) in [5.41, 5.74) is -4.76. The Kier molecular flexibility index (Phi) is 7.50. The Morgan fingerprint density at radius 3 is 2.06 bits per heavy atom. The molecule has 1 unspecified atom stereocenters. The smallest absolute Gasteiger partial charge is 0.379 e. The van der Waals surface area contributed by atoms with Gasteiger partial charge in [0.1, 0.15) is 11.6 Å².